The first-order valence-corrected chi connectivity index (χ1v) is 11.1. The largest absolute Gasteiger partial charge is 0.372 e. The molecule has 1 aromatic heterocycles. The van der Waals surface area contributed by atoms with Crippen LogP contribution in [0, 0.1) is 23.7 Å². The standard InChI is InChI=1S/C23H28N4O4/c1-13-10-26(11-14(2)31-13)18-6-3-15(8-24-18)9-25-19(28)12-27-22(29)20-16-4-5-17(7-16)21(20)23(27)30/h3-6,8,13-14,16-17,20-21H,7,9-12H2,1-2H3,(H,25,28)/t13-,14-,16+,17+,20-,21-/m1/s1. The lowest BCUT2D eigenvalue weighted by Gasteiger charge is -2.36. The zero-order chi connectivity index (χ0) is 21.7. The molecule has 4 aliphatic rings. The number of nitrogens with one attached hydrogen (secondary N) is 1. The molecule has 0 aromatic carbocycles. The Kier molecular flexibility index (Phi) is 5.04. The monoisotopic (exact) mass is 424 g/mol. The Labute approximate surface area is 181 Å². The first-order valence-electron chi connectivity index (χ1n) is 11.1. The normalized spacial score (nSPS) is 33.9. The Bertz CT molecular complexity index is 890. The Morgan fingerprint density at radius 3 is 2.32 bits per heavy atom. The summed E-state index contributed by atoms with van der Waals surface area (Å²) in [6, 6.07) is 3.89. The highest BCUT2D eigenvalue weighted by atomic mass is 16.5. The maximum atomic E-state index is 12.7. The number of anilines is 1. The van der Waals surface area contributed by atoms with Crippen LogP contribution in [0.25, 0.3) is 0 Å². The van der Waals surface area contributed by atoms with Crippen molar-refractivity contribution in [1.29, 1.82) is 0 Å². The van der Waals surface area contributed by atoms with Gasteiger partial charge >= 0.3 is 0 Å². The molecule has 0 unspecified atom stereocenters. The van der Waals surface area contributed by atoms with Crippen LogP contribution in [0.2, 0.25) is 0 Å². The molecule has 8 nitrogen and oxygen atoms in total. The van der Waals surface area contributed by atoms with Gasteiger partial charge in [-0.2, -0.15) is 0 Å². The lowest BCUT2D eigenvalue weighted by Crippen LogP contribution is -2.45. The van der Waals surface area contributed by atoms with E-state index in [9.17, 15) is 14.4 Å². The van der Waals surface area contributed by atoms with Crippen LogP contribution in [0.4, 0.5) is 5.82 Å². The maximum Gasteiger partial charge on any atom is 0.240 e. The molecule has 3 heterocycles. The van der Waals surface area contributed by atoms with Crippen LogP contribution in [-0.4, -0.2) is 59.4 Å². The molecule has 3 amide bonds. The number of carbonyl (C=O) groups is 3. The molecule has 1 saturated carbocycles. The van der Waals surface area contributed by atoms with E-state index < -0.39 is 0 Å². The Balaban J connectivity index is 1.14. The molecule has 1 N–H and O–H groups in total. The van der Waals surface area contributed by atoms with E-state index in [1.165, 1.54) is 0 Å². The van der Waals surface area contributed by atoms with Crippen molar-refractivity contribution in [3.05, 3.63) is 36.0 Å². The maximum absolute atomic E-state index is 12.7. The third kappa shape index (κ3) is 3.63. The summed E-state index contributed by atoms with van der Waals surface area (Å²) in [4.78, 5) is 45.7. The molecule has 8 heteroatoms. The second-order valence-corrected chi connectivity index (χ2v) is 9.23. The smallest absolute Gasteiger partial charge is 0.240 e. The lowest BCUT2D eigenvalue weighted by atomic mass is 9.85. The minimum absolute atomic E-state index is 0.154. The predicted molar refractivity (Wildman–Crippen MR) is 113 cm³/mol. The summed E-state index contributed by atoms with van der Waals surface area (Å²) < 4.78 is 5.76. The van der Waals surface area contributed by atoms with Gasteiger partial charge in [-0.1, -0.05) is 18.2 Å². The lowest BCUT2D eigenvalue weighted by molar-refractivity contribution is -0.144. The zero-order valence-electron chi connectivity index (χ0n) is 17.9. The summed E-state index contributed by atoms with van der Waals surface area (Å²) in [5, 5.41) is 2.81. The third-order valence-corrected chi connectivity index (χ3v) is 6.91. The number of imide groups is 1. The van der Waals surface area contributed by atoms with Gasteiger partial charge in [0.25, 0.3) is 0 Å². The number of amides is 3. The van der Waals surface area contributed by atoms with Gasteiger partial charge in [0.2, 0.25) is 17.7 Å². The Morgan fingerprint density at radius 2 is 1.74 bits per heavy atom. The molecular weight excluding hydrogens is 396 g/mol. The number of ether oxygens (including phenoxy) is 1. The van der Waals surface area contributed by atoms with Crippen molar-refractivity contribution >= 4 is 23.5 Å². The predicted octanol–water partition coefficient (Wildman–Crippen LogP) is 1.12. The average molecular weight is 425 g/mol. The van der Waals surface area contributed by atoms with Gasteiger partial charge in [-0.15, -0.1) is 0 Å². The first kappa shape index (κ1) is 20.2. The topological polar surface area (TPSA) is 91.8 Å². The van der Waals surface area contributed by atoms with Gasteiger partial charge in [-0.25, -0.2) is 4.98 Å². The highest BCUT2D eigenvalue weighted by molar-refractivity contribution is 6.08. The van der Waals surface area contributed by atoms with Crippen molar-refractivity contribution in [2.75, 3.05) is 24.5 Å². The number of aromatic nitrogens is 1. The molecular formula is C23H28N4O4. The fourth-order valence-corrected chi connectivity index (χ4v) is 5.59. The molecule has 0 radical (unpaired) electrons. The van der Waals surface area contributed by atoms with E-state index in [4.69, 9.17) is 4.74 Å². The van der Waals surface area contributed by atoms with Crippen molar-refractivity contribution in [3.8, 4) is 0 Å². The van der Waals surface area contributed by atoms with Gasteiger partial charge in [0.1, 0.15) is 12.4 Å². The molecule has 2 aliphatic heterocycles. The molecule has 2 bridgehead atoms. The Morgan fingerprint density at radius 1 is 1.10 bits per heavy atom. The number of carbonyl (C=O) groups excluding carboxylic acids is 3. The van der Waals surface area contributed by atoms with Gasteiger partial charge in [-0.3, -0.25) is 19.3 Å². The van der Waals surface area contributed by atoms with E-state index in [2.05, 4.69) is 41.2 Å². The van der Waals surface area contributed by atoms with Crippen molar-refractivity contribution in [2.45, 2.75) is 39.0 Å². The van der Waals surface area contributed by atoms with Crippen LogP contribution < -0.4 is 10.2 Å². The summed E-state index contributed by atoms with van der Waals surface area (Å²) in [6.45, 7) is 5.79. The molecule has 2 saturated heterocycles. The van der Waals surface area contributed by atoms with Crippen LogP contribution in [-0.2, 0) is 25.7 Å². The van der Waals surface area contributed by atoms with Gasteiger partial charge in [0, 0.05) is 25.8 Å². The molecule has 2 aliphatic carbocycles. The Hall–Kier alpha value is -2.74. The minimum atomic E-state index is -0.332. The van der Waals surface area contributed by atoms with Crippen LogP contribution in [0.15, 0.2) is 30.5 Å². The molecule has 31 heavy (non-hydrogen) atoms. The van der Waals surface area contributed by atoms with Crippen LogP contribution >= 0.6 is 0 Å². The SMILES string of the molecule is C[C@@H]1CN(c2ccc(CNC(=O)CN3C(=O)[C@H]4[C@H](C3=O)[C@H]3C=C[C@H]4C3)cn2)C[C@@H](C)O1. The molecule has 1 aromatic rings. The van der Waals surface area contributed by atoms with Gasteiger partial charge in [0.15, 0.2) is 0 Å². The summed E-state index contributed by atoms with van der Waals surface area (Å²) >= 11 is 0. The summed E-state index contributed by atoms with van der Waals surface area (Å²) in [5.74, 6) is -0.0515. The van der Waals surface area contributed by atoms with Gasteiger partial charge in [-0.05, 0) is 43.7 Å². The number of allylic oxidation sites excluding steroid dienone is 2. The van der Waals surface area contributed by atoms with Crippen LogP contribution in [0.5, 0.6) is 0 Å². The molecule has 3 fully saturated rings. The molecule has 6 atom stereocenters. The zero-order valence-corrected chi connectivity index (χ0v) is 17.9. The fraction of sp³-hybridized carbons (Fsp3) is 0.565. The molecule has 0 spiro atoms. The highest BCUT2D eigenvalue weighted by Crippen LogP contribution is 2.52. The van der Waals surface area contributed by atoms with Crippen LogP contribution in [0.3, 0.4) is 0 Å². The second-order valence-electron chi connectivity index (χ2n) is 9.23. The second kappa shape index (κ2) is 7.75. The number of morpholine rings is 1. The fourth-order valence-electron chi connectivity index (χ4n) is 5.59. The number of pyridine rings is 1. The summed E-state index contributed by atoms with van der Waals surface area (Å²) in [7, 11) is 0. The van der Waals surface area contributed by atoms with Crippen LogP contribution in [0.1, 0.15) is 25.8 Å². The van der Waals surface area contributed by atoms with Crippen molar-refractivity contribution in [2.24, 2.45) is 23.7 Å². The number of hydrogen-bond donors (Lipinski definition) is 1. The molecule has 5 rings (SSSR count). The number of rotatable bonds is 5. The van der Waals surface area contributed by atoms with E-state index in [0.29, 0.717) is 6.54 Å². The quantitative estimate of drug-likeness (QED) is 0.563. The van der Waals surface area contributed by atoms with Crippen molar-refractivity contribution in [1.82, 2.24) is 15.2 Å². The van der Waals surface area contributed by atoms with Gasteiger partial charge < -0.3 is 15.0 Å². The van der Waals surface area contributed by atoms with E-state index in [1.54, 1.807) is 6.20 Å². The van der Waals surface area contributed by atoms with Crippen molar-refractivity contribution < 1.29 is 19.1 Å². The van der Waals surface area contributed by atoms with E-state index >= 15 is 0 Å². The highest BCUT2D eigenvalue weighted by Gasteiger charge is 2.59. The van der Waals surface area contributed by atoms with Gasteiger partial charge in [0.05, 0.1) is 24.0 Å². The van der Waals surface area contributed by atoms with E-state index in [0.717, 1.165) is 35.8 Å². The average Bonchev–Trinajstić information content (AvgIpc) is 3.42. The number of nitrogens with zero attached hydrogens (tertiary/aromatic N) is 3. The molecule has 164 valence electrons. The minimum Gasteiger partial charge on any atom is -0.372 e. The summed E-state index contributed by atoms with van der Waals surface area (Å²) in [6.07, 6.45) is 7.06. The van der Waals surface area contributed by atoms with E-state index in [1.807, 2.05) is 12.1 Å². The first-order chi connectivity index (χ1) is 14.9. The van der Waals surface area contributed by atoms with E-state index in [-0.39, 0.29) is 60.1 Å². The third-order valence-electron chi connectivity index (χ3n) is 6.91. The summed E-state index contributed by atoms with van der Waals surface area (Å²) in [5.41, 5.74) is 0.865. The number of hydrogen-bond acceptors (Lipinski definition) is 6. The number of fused-ring (bicyclic) bond motifs is 5. The number of likely N-dealkylation sites (tertiary alicyclic amines) is 1. The van der Waals surface area contributed by atoms with Crippen molar-refractivity contribution in [3.63, 3.8) is 0 Å².